The zero-order chi connectivity index (χ0) is 12.3. The van der Waals surface area contributed by atoms with Crippen molar-refractivity contribution in [1.29, 1.82) is 0 Å². The normalized spacial score (nSPS) is 12.3. The Hall–Kier alpha value is -0.0000000000000000555. The minimum Gasteiger partial charge on any atom is -0.340 e. The van der Waals surface area contributed by atoms with Crippen LogP contribution in [0.25, 0.3) is 0 Å². The van der Waals surface area contributed by atoms with Crippen LogP contribution in [0.1, 0.15) is 17.3 Å². The molecule has 1 aromatic rings. The molecule has 0 bridgehead atoms. The van der Waals surface area contributed by atoms with Gasteiger partial charge < -0.3 is 4.90 Å². The van der Waals surface area contributed by atoms with Crippen LogP contribution in [-0.2, 0) is 0 Å². The van der Waals surface area contributed by atoms with Gasteiger partial charge >= 0.3 is 0 Å². The van der Waals surface area contributed by atoms with Gasteiger partial charge in [-0.2, -0.15) is 0 Å². The summed E-state index contributed by atoms with van der Waals surface area (Å²) >= 11 is 13.9. The second kappa shape index (κ2) is 6.07. The first kappa shape index (κ1) is 14.1. The fourth-order valence-corrected chi connectivity index (χ4v) is 2.03. The number of carbonyl (C=O) groups excluding carboxylic acids is 1. The van der Waals surface area contributed by atoms with Crippen LogP contribution in [0.3, 0.4) is 0 Å². The van der Waals surface area contributed by atoms with Crippen molar-refractivity contribution in [3.63, 3.8) is 0 Å². The number of hydrogen-bond donors (Lipinski definition) is 0. The number of halogens is 3. The van der Waals surface area contributed by atoms with Crippen molar-refractivity contribution >= 4 is 51.7 Å². The number of nitrogens with zero attached hydrogens (tertiary/aromatic N) is 1. The molecule has 0 heterocycles. The smallest absolute Gasteiger partial charge is 0.253 e. The molecular formula is C11H12Cl2INO. The van der Waals surface area contributed by atoms with E-state index in [0.717, 1.165) is 3.57 Å². The van der Waals surface area contributed by atoms with E-state index in [4.69, 9.17) is 23.2 Å². The van der Waals surface area contributed by atoms with Gasteiger partial charge in [0.15, 0.2) is 0 Å². The van der Waals surface area contributed by atoms with E-state index in [1.165, 1.54) is 0 Å². The van der Waals surface area contributed by atoms with Gasteiger partial charge in [0, 0.05) is 28.1 Å². The maximum absolute atomic E-state index is 11.9. The molecule has 0 aromatic heterocycles. The molecule has 0 N–H and O–H groups in total. The van der Waals surface area contributed by atoms with Gasteiger partial charge in [-0.15, -0.1) is 11.6 Å². The van der Waals surface area contributed by atoms with Crippen LogP contribution in [0, 0.1) is 3.57 Å². The van der Waals surface area contributed by atoms with Crippen molar-refractivity contribution in [3.8, 4) is 0 Å². The maximum Gasteiger partial charge on any atom is 0.253 e. The quantitative estimate of drug-likeness (QED) is 0.586. The average molecular weight is 372 g/mol. The van der Waals surface area contributed by atoms with Crippen molar-refractivity contribution in [2.45, 2.75) is 12.3 Å². The average Bonchev–Trinajstić information content (AvgIpc) is 2.20. The van der Waals surface area contributed by atoms with Gasteiger partial charge in [0.2, 0.25) is 0 Å². The molecule has 0 fully saturated rings. The van der Waals surface area contributed by atoms with E-state index in [9.17, 15) is 4.79 Å². The summed E-state index contributed by atoms with van der Waals surface area (Å²) in [6.07, 6.45) is 0. The molecule has 2 nitrogen and oxygen atoms in total. The molecule has 16 heavy (non-hydrogen) atoms. The lowest BCUT2D eigenvalue weighted by molar-refractivity contribution is 0.0796. The van der Waals surface area contributed by atoms with Crippen molar-refractivity contribution < 1.29 is 4.79 Å². The van der Waals surface area contributed by atoms with Crippen molar-refractivity contribution in [3.05, 3.63) is 32.4 Å². The van der Waals surface area contributed by atoms with Gasteiger partial charge in [-0.3, -0.25) is 4.79 Å². The van der Waals surface area contributed by atoms with Crippen LogP contribution in [0.5, 0.6) is 0 Å². The molecule has 0 saturated heterocycles. The molecule has 1 atom stereocenters. The molecule has 1 rings (SSSR count). The molecule has 0 saturated carbocycles. The number of alkyl halides is 1. The van der Waals surface area contributed by atoms with Crippen molar-refractivity contribution in [2.24, 2.45) is 0 Å². The summed E-state index contributed by atoms with van der Waals surface area (Å²) in [5, 5.41) is 0.534. The van der Waals surface area contributed by atoms with E-state index in [2.05, 4.69) is 22.6 Å². The molecule has 1 aromatic carbocycles. The minimum atomic E-state index is -0.0641. The summed E-state index contributed by atoms with van der Waals surface area (Å²) in [6, 6.07) is 5.28. The first-order valence-electron chi connectivity index (χ1n) is 4.76. The van der Waals surface area contributed by atoms with E-state index in [-0.39, 0.29) is 11.3 Å². The van der Waals surface area contributed by atoms with Gasteiger partial charge in [0.25, 0.3) is 5.91 Å². The summed E-state index contributed by atoms with van der Waals surface area (Å²) in [5.74, 6) is -0.0641. The van der Waals surface area contributed by atoms with Crippen molar-refractivity contribution in [2.75, 3.05) is 13.6 Å². The summed E-state index contributed by atoms with van der Waals surface area (Å²) in [5.41, 5.74) is 0.588. The number of amides is 1. The zero-order valence-corrected chi connectivity index (χ0v) is 12.7. The third-order valence-electron chi connectivity index (χ3n) is 2.04. The van der Waals surface area contributed by atoms with Gasteiger partial charge in [-0.25, -0.2) is 0 Å². The van der Waals surface area contributed by atoms with E-state index in [1.807, 2.05) is 13.0 Å². The third-order valence-corrected chi connectivity index (χ3v) is 3.75. The Bertz CT molecular complexity index is 396. The van der Waals surface area contributed by atoms with Crippen LogP contribution in [0.2, 0.25) is 5.02 Å². The fraction of sp³-hybridized carbons (Fsp3) is 0.364. The summed E-state index contributed by atoms with van der Waals surface area (Å²) in [4.78, 5) is 13.5. The Kier molecular flexibility index (Phi) is 5.34. The molecule has 0 aliphatic heterocycles. The number of benzene rings is 1. The molecule has 1 unspecified atom stereocenters. The second-order valence-corrected chi connectivity index (χ2v) is 5.91. The van der Waals surface area contributed by atoms with Crippen molar-refractivity contribution in [1.82, 2.24) is 4.90 Å². The Morgan fingerprint density at radius 3 is 2.69 bits per heavy atom. The van der Waals surface area contributed by atoms with Crippen LogP contribution in [0.4, 0.5) is 0 Å². The molecule has 0 spiro atoms. The standard InChI is InChI=1S/C11H12Cl2INO/c1-7(12)6-15(2)11(16)8-3-4-10(14)9(13)5-8/h3-5,7H,6H2,1-2H3. The predicted octanol–water partition coefficient (Wildman–Crippen LogP) is 3.64. The largest absolute Gasteiger partial charge is 0.340 e. The monoisotopic (exact) mass is 371 g/mol. The first-order chi connectivity index (χ1) is 7.41. The van der Waals surface area contributed by atoms with Gasteiger partial charge in [0.1, 0.15) is 0 Å². The van der Waals surface area contributed by atoms with E-state index < -0.39 is 0 Å². The predicted molar refractivity (Wildman–Crippen MR) is 76.4 cm³/mol. The van der Waals surface area contributed by atoms with Gasteiger partial charge in [-0.05, 0) is 47.7 Å². The van der Waals surface area contributed by atoms with E-state index in [0.29, 0.717) is 17.1 Å². The molecule has 0 aliphatic carbocycles. The Morgan fingerprint density at radius 2 is 2.19 bits per heavy atom. The lowest BCUT2D eigenvalue weighted by atomic mass is 10.2. The second-order valence-electron chi connectivity index (χ2n) is 3.60. The molecule has 1 amide bonds. The third kappa shape index (κ3) is 3.79. The summed E-state index contributed by atoms with van der Waals surface area (Å²) in [7, 11) is 1.73. The summed E-state index contributed by atoms with van der Waals surface area (Å²) < 4.78 is 0.934. The van der Waals surface area contributed by atoms with E-state index in [1.54, 1.807) is 24.1 Å². The number of hydrogen-bond acceptors (Lipinski definition) is 1. The zero-order valence-electron chi connectivity index (χ0n) is 9.01. The van der Waals surface area contributed by atoms with Crippen LogP contribution in [0.15, 0.2) is 18.2 Å². The maximum atomic E-state index is 11.9. The molecule has 0 aliphatic rings. The molecule has 0 radical (unpaired) electrons. The highest BCUT2D eigenvalue weighted by Crippen LogP contribution is 2.20. The Balaban J connectivity index is 2.84. The summed E-state index contributed by atoms with van der Waals surface area (Å²) in [6.45, 7) is 2.37. The Labute approximate surface area is 119 Å². The van der Waals surface area contributed by atoms with Crippen LogP contribution < -0.4 is 0 Å². The lowest BCUT2D eigenvalue weighted by Gasteiger charge is -2.18. The van der Waals surface area contributed by atoms with E-state index >= 15 is 0 Å². The molecule has 88 valence electrons. The number of rotatable bonds is 3. The highest BCUT2D eigenvalue weighted by Gasteiger charge is 2.14. The van der Waals surface area contributed by atoms with Crippen LogP contribution in [-0.4, -0.2) is 29.8 Å². The number of carbonyl (C=O) groups is 1. The lowest BCUT2D eigenvalue weighted by Crippen LogP contribution is -2.31. The minimum absolute atomic E-state index is 0.0618. The topological polar surface area (TPSA) is 20.3 Å². The fourth-order valence-electron chi connectivity index (χ4n) is 1.31. The SMILES string of the molecule is CC(Cl)CN(C)C(=O)c1ccc(I)c(Cl)c1. The highest BCUT2D eigenvalue weighted by molar-refractivity contribution is 14.1. The Morgan fingerprint density at radius 1 is 1.56 bits per heavy atom. The van der Waals surface area contributed by atoms with Gasteiger partial charge in [-0.1, -0.05) is 11.6 Å². The highest BCUT2D eigenvalue weighted by atomic mass is 127. The first-order valence-corrected chi connectivity index (χ1v) is 6.65. The molecular weight excluding hydrogens is 360 g/mol. The molecule has 5 heteroatoms. The van der Waals surface area contributed by atoms with Crippen LogP contribution >= 0.6 is 45.8 Å². The van der Waals surface area contributed by atoms with Gasteiger partial charge in [0.05, 0.1) is 5.02 Å².